The van der Waals surface area contributed by atoms with Crippen LogP contribution >= 0.6 is 11.6 Å². The normalized spacial score (nSPS) is 20.3. The number of rotatable bonds is 4. The van der Waals surface area contributed by atoms with Crippen LogP contribution in [0.1, 0.15) is 18.4 Å². The van der Waals surface area contributed by atoms with E-state index in [9.17, 15) is 5.11 Å². The minimum atomic E-state index is 0.327. The second-order valence-electron chi connectivity index (χ2n) is 5.18. The molecule has 0 saturated carbocycles. The third-order valence-corrected chi connectivity index (χ3v) is 3.69. The van der Waals surface area contributed by atoms with E-state index in [1.54, 1.807) is 12.1 Å². The van der Waals surface area contributed by atoms with Crippen molar-refractivity contribution in [3.8, 4) is 5.75 Å². The first-order valence-electron chi connectivity index (χ1n) is 6.52. The molecule has 100 valence electrons. The highest BCUT2D eigenvalue weighted by molar-refractivity contribution is 6.30. The number of phenolic OH excluding ortho intramolecular Hbond substituents is 1. The van der Waals surface area contributed by atoms with Crippen molar-refractivity contribution in [3.05, 3.63) is 28.8 Å². The second-order valence-corrected chi connectivity index (χ2v) is 5.62. The number of nitrogens with one attached hydrogen (secondary N) is 1. The molecule has 0 aliphatic carbocycles. The van der Waals surface area contributed by atoms with Crippen LogP contribution in [-0.4, -0.2) is 36.7 Å². The first-order chi connectivity index (χ1) is 8.65. The van der Waals surface area contributed by atoms with Gasteiger partial charge in [0, 0.05) is 23.7 Å². The average Bonchev–Trinajstić information content (AvgIpc) is 2.35. The molecule has 0 radical (unpaired) electrons. The summed E-state index contributed by atoms with van der Waals surface area (Å²) in [5, 5.41) is 13.9. The van der Waals surface area contributed by atoms with E-state index in [0.717, 1.165) is 31.7 Å². The number of phenols is 1. The molecule has 0 amide bonds. The van der Waals surface area contributed by atoms with Crippen molar-refractivity contribution in [2.45, 2.75) is 19.4 Å². The third kappa shape index (κ3) is 3.87. The van der Waals surface area contributed by atoms with Gasteiger partial charge in [0.1, 0.15) is 5.75 Å². The zero-order valence-corrected chi connectivity index (χ0v) is 11.6. The van der Waals surface area contributed by atoms with Crippen LogP contribution < -0.4 is 5.32 Å². The molecule has 1 unspecified atom stereocenters. The van der Waals surface area contributed by atoms with Gasteiger partial charge in [-0.3, -0.25) is 0 Å². The monoisotopic (exact) mass is 268 g/mol. The van der Waals surface area contributed by atoms with Crippen LogP contribution in [0.2, 0.25) is 5.02 Å². The van der Waals surface area contributed by atoms with Gasteiger partial charge in [-0.25, -0.2) is 0 Å². The fourth-order valence-corrected chi connectivity index (χ4v) is 2.75. The summed E-state index contributed by atoms with van der Waals surface area (Å²) in [5.41, 5.74) is 0.897. The Bertz CT molecular complexity index is 391. The molecule has 0 spiro atoms. The number of piperidine rings is 1. The van der Waals surface area contributed by atoms with Crippen molar-refractivity contribution in [1.82, 2.24) is 10.2 Å². The van der Waals surface area contributed by atoms with Crippen LogP contribution in [-0.2, 0) is 6.54 Å². The maximum absolute atomic E-state index is 9.79. The molecule has 1 aromatic carbocycles. The molecule has 1 aromatic rings. The number of benzene rings is 1. The number of aromatic hydroxyl groups is 1. The molecule has 0 bridgehead atoms. The summed E-state index contributed by atoms with van der Waals surface area (Å²) in [6.45, 7) is 4.04. The summed E-state index contributed by atoms with van der Waals surface area (Å²) in [4.78, 5) is 2.25. The Balaban J connectivity index is 1.89. The van der Waals surface area contributed by atoms with Crippen LogP contribution in [0.15, 0.2) is 18.2 Å². The van der Waals surface area contributed by atoms with E-state index in [2.05, 4.69) is 17.3 Å². The summed E-state index contributed by atoms with van der Waals surface area (Å²) in [6.07, 6.45) is 2.56. The molecule has 18 heavy (non-hydrogen) atoms. The van der Waals surface area contributed by atoms with Crippen molar-refractivity contribution in [3.63, 3.8) is 0 Å². The van der Waals surface area contributed by atoms with Crippen molar-refractivity contribution in [2.75, 3.05) is 26.7 Å². The molecular weight excluding hydrogens is 248 g/mol. The van der Waals surface area contributed by atoms with Crippen LogP contribution in [0, 0.1) is 5.92 Å². The Hall–Kier alpha value is -0.770. The molecule has 2 N–H and O–H groups in total. The van der Waals surface area contributed by atoms with E-state index >= 15 is 0 Å². The van der Waals surface area contributed by atoms with Gasteiger partial charge in [0.2, 0.25) is 0 Å². The molecule has 1 atom stereocenters. The largest absolute Gasteiger partial charge is 0.508 e. The highest BCUT2D eigenvalue weighted by Gasteiger charge is 2.15. The Morgan fingerprint density at radius 3 is 3.06 bits per heavy atom. The van der Waals surface area contributed by atoms with E-state index in [1.165, 1.54) is 12.8 Å². The first kappa shape index (κ1) is 13.7. The number of hydrogen-bond acceptors (Lipinski definition) is 3. The summed E-state index contributed by atoms with van der Waals surface area (Å²) in [5.74, 6) is 1.04. The summed E-state index contributed by atoms with van der Waals surface area (Å²) in [6, 6.07) is 5.21. The fourth-order valence-electron chi connectivity index (χ4n) is 2.56. The van der Waals surface area contributed by atoms with E-state index in [0.29, 0.717) is 16.7 Å². The molecule has 1 fully saturated rings. The topological polar surface area (TPSA) is 35.5 Å². The quantitative estimate of drug-likeness (QED) is 0.881. The third-order valence-electron chi connectivity index (χ3n) is 3.45. The molecule has 3 nitrogen and oxygen atoms in total. The highest BCUT2D eigenvalue weighted by Crippen LogP contribution is 2.23. The minimum Gasteiger partial charge on any atom is -0.508 e. The molecule has 1 aliphatic rings. The highest BCUT2D eigenvalue weighted by atomic mass is 35.5. The summed E-state index contributed by atoms with van der Waals surface area (Å²) >= 11 is 5.95. The van der Waals surface area contributed by atoms with E-state index in [4.69, 9.17) is 11.6 Å². The van der Waals surface area contributed by atoms with E-state index in [1.807, 2.05) is 6.07 Å². The van der Waals surface area contributed by atoms with Gasteiger partial charge < -0.3 is 15.3 Å². The average molecular weight is 269 g/mol. The maximum Gasteiger partial charge on any atom is 0.120 e. The van der Waals surface area contributed by atoms with Crippen molar-refractivity contribution >= 4 is 11.6 Å². The molecule has 0 aromatic heterocycles. The van der Waals surface area contributed by atoms with Gasteiger partial charge in [0.25, 0.3) is 0 Å². The minimum absolute atomic E-state index is 0.327. The van der Waals surface area contributed by atoms with Gasteiger partial charge in [0.15, 0.2) is 0 Å². The second kappa shape index (κ2) is 6.41. The molecular formula is C14H21ClN2O. The van der Waals surface area contributed by atoms with E-state index in [-0.39, 0.29) is 0 Å². The van der Waals surface area contributed by atoms with Gasteiger partial charge in [-0.15, -0.1) is 0 Å². The van der Waals surface area contributed by atoms with Crippen LogP contribution in [0.25, 0.3) is 0 Å². The van der Waals surface area contributed by atoms with Gasteiger partial charge in [-0.2, -0.15) is 0 Å². The lowest BCUT2D eigenvalue weighted by Gasteiger charge is -2.27. The Morgan fingerprint density at radius 2 is 2.33 bits per heavy atom. The van der Waals surface area contributed by atoms with Crippen molar-refractivity contribution in [1.29, 1.82) is 0 Å². The lowest BCUT2D eigenvalue weighted by Crippen LogP contribution is -2.36. The Labute approximate surface area is 114 Å². The van der Waals surface area contributed by atoms with Gasteiger partial charge in [0.05, 0.1) is 0 Å². The summed E-state index contributed by atoms with van der Waals surface area (Å²) in [7, 11) is 2.09. The predicted molar refractivity (Wildman–Crippen MR) is 75.0 cm³/mol. The number of halogens is 1. The molecule has 1 heterocycles. The molecule has 4 heteroatoms. The first-order valence-corrected chi connectivity index (χ1v) is 6.89. The lowest BCUT2D eigenvalue weighted by molar-refractivity contribution is 0.235. The smallest absolute Gasteiger partial charge is 0.120 e. The molecule has 2 rings (SSSR count). The van der Waals surface area contributed by atoms with E-state index < -0.39 is 0 Å². The van der Waals surface area contributed by atoms with Crippen molar-refractivity contribution in [2.24, 2.45) is 5.92 Å². The van der Waals surface area contributed by atoms with Crippen molar-refractivity contribution < 1.29 is 5.11 Å². The Morgan fingerprint density at radius 1 is 1.50 bits per heavy atom. The van der Waals surface area contributed by atoms with Crippen LogP contribution in [0.5, 0.6) is 5.75 Å². The lowest BCUT2D eigenvalue weighted by atomic mass is 9.99. The van der Waals surface area contributed by atoms with Gasteiger partial charge in [-0.05, 0) is 57.1 Å². The fraction of sp³-hybridized carbons (Fsp3) is 0.571. The number of hydrogen-bond donors (Lipinski definition) is 2. The van der Waals surface area contributed by atoms with Crippen LogP contribution in [0.4, 0.5) is 0 Å². The zero-order chi connectivity index (χ0) is 13.0. The Kier molecular flexibility index (Phi) is 4.87. The summed E-state index contributed by atoms with van der Waals surface area (Å²) < 4.78 is 0. The SMILES string of the molecule is CN(Cc1cc(Cl)ccc1O)CC1CCCNC1. The van der Waals surface area contributed by atoms with Gasteiger partial charge >= 0.3 is 0 Å². The molecule has 1 aliphatic heterocycles. The standard InChI is InChI=1S/C14H21ClN2O/c1-17(9-11-3-2-6-16-8-11)10-12-7-13(15)4-5-14(12)18/h4-5,7,11,16,18H,2-3,6,8-10H2,1H3. The maximum atomic E-state index is 9.79. The zero-order valence-electron chi connectivity index (χ0n) is 10.8. The predicted octanol–water partition coefficient (Wildman–Crippen LogP) is 2.48. The number of nitrogens with zero attached hydrogens (tertiary/aromatic N) is 1. The van der Waals surface area contributed by atoms with Gasteiger partial charge in [-0.1, -0.05) is 11.6 Å². The molecule has 1 saturated heterocycles. The van der Waals surface area contributed by atoms with Crippen LogP contribution in [0.3, 0.4) is 0 Å².